The second kappa shape index (κ2) is 7.77. The second-order valence-electron chi connectivity index (χ2n) is 5.96. The highest BCUT2D eigenvalue weighted by molar-refractivity contribution is 5.78. The molecule has 23 heavy (non-hydrogen) atoms. The summed E-state index contributed by atoms with van der Waals surface area (Å²) in [5.74, 6) is 1.06. The zero-order valence-electron chi connectivity index (χ0n) is 13.7. The van der Waals surface area contributed by atoms with Crippen LogP contribution in [0.2, 0.25) is 0 Å². The van der Waals surface area contributed by atoms with Crippen molar-refractivity contribution < 1.29 is 14.3 Å². The molecule has 6 heteroatoms. The van der Waals surface area contributed by atoms with Crippen LogP contribution in [0.1, 0.15) is 11.6 Å². The molecule has 126 valence electrons. The maximum atomic E-state index is 12.5. The molecule has 0 unspecified atom stereocenters. The lowest BCUT2D eigenvalue weighted by molar-refractivity contribution is -0.137. The molecule has 0 aromatic heterocycles. The summed E-state index contributed by atoms with van der Waals surface area (Å²) in [6, 6.07) is 8.35. The van der Waals surface area contributed by atoms with Crippen molar-refractivity contribution >= 4 is 5.91 Å². The fourth-order valence-electron chi connectivity index (χ4n) is 3.18. The second-order valence-corrected chi connectivity index (χ2v) is 5.96. The monoisotopic (exact) mass is 319 g/mol. The summed E-state index contributed by atoms with van der Waals surface area (Å²) in [6.07, 6.45) is 0. The average Bonchev–Trinajstić information content (AvgIpc) is 2.63. The lowest BCUT2D eigenvalue weighted by Crippen LogP contribution is -2.51. The highest BCUT2D eigenvalue weighted by atomic mass is 16.5. The van der Waals surface area contributed by atoms with Crippen LogP contribution in [0, 0.1) is 0 Å². The Morgan fingerprint density at radius 1 is 1.26 bits per heavy atom. The molecule has 3 rings (SSSR count). The van der Waals surface area contributed by atoms with Crippen LogP contribution in [-0.4, -0.2) is 75.3 Å². The van der Waals surface area contributed by atoms with Crippen molar-refractivity contribution in [3.63, 3.8) is 0 Å². The van der Waals surface area contributed by atoms with E-state index in [4.69, 9.17) is 9.47 Å². The minimum atomic E-state index is 0.203. The lowest BCUT2D eigenvalue weighted by Gasteiger charge is -2.37. The van der Waals surface area contributed by atoms with E-state index in [1.54, 1.807) is 7.11 Å². The number of morpholine rings is 1. The van der Waals surface area contributed by atoms with Gasteiger partial charge in [-0.25, -0.2) is 0 Å². The fraction of sp³-hybridized carbons (Fsp3) is 0.588. The van der Waals surface area contributed by atoms with Gasteiger partial charge in [0.1, 0.15) is 5.75 Å². The van der Waals surface area contributed by atoms with Crippen molar-refractivity contribution in [2.75, 3.05) is 59.6 Å². The van der Waals surface area contributed by atoms with Crippen molar-refractivity contribution in [1.82, 2.24) is 15.1 Å². The lowest BCUT2D eigenvalue weighted by atomic mass is 10.0. The maximum absolute atomic E-state index is 12.5. The van der Waals surface area contributed by atoms with E-state index < -0.39 is 0 Å². The van der Waals surface area contributed by atoms with E-state index in [-0.39, 0.29) is 11.9 Å². The molecule has 1 aromatic carbocycles. The summed E-state index contributed by atoms with van der Waals surface area (Å²) in [4.78, 5) is 16.7. The van der Waals surface area contributed by atoms with Crippen molar-refractivity contribution in [2.45, 2.75) is 6.04 Å². The van der Waals surface area contributed by atoms with E-state index in [9.17, 15) is 4.79 Å². The standard InChI is InChI=1S/C17H25N3O3/c1-22-15-4-2-14(3-5-15)16-12-18-6-7-20(16)13-17(21)19-8-10-23-11-9-19/h2-5,16,18H,6-13H2,1H3/t16-/m0/s1. The molecule has 1 atom stereocenters. The predicted molar refractivity (Wildman–Crippen MR) is 87.6 cm³/mol. The molecule has 0 radical (unpaired) electrons. The first-order valence-electron chi connectivity index (χ1n) is 8.22. The van der Waals surface area contributed by atoms with Crippen molar-refractivity contribution in [2.24, 2.45) is 0 Å². The first-order chi connectivity index (χ1) is 11.3. The molecule has 0 saturated carbocycles. The van der Waals surface area contributed by atoms with E-state index in [2.05, 4.69) is 22.3 Å². The minimum absolute atomic E-state index is 0.203. The van der Waals surface area contributed by atoms with Crippen LogP contribution in [0.15, 0.2) is 24.3 Å². The highest BCUT2D eigenvalue weighted by Gasteiger charge is 2.27. The minimum Gasteiger partial charge on any atom is -0.497 e. The van der Waals surface area contributed by atoms with E-state index in [0.717, 1.165) is 25.4 Å². The quantitative estimate of drug-likeness (QED) is 0.876. The first-order valence-corrected chi connectivity index (χ1v) is 8.22. The topological polar surface area (TPSA) is 54.0 Å². The molecule has 2 fully saturated rings. The van der Waals surface area contributed by atoms with Crippen LogP contribution in [0.25, 0.3) is 0 Å². The summed E-state index contributed by atoms with van der Waals surface area (Å²) in [6.45, 7) is 5.84. The van der Waals surface area contributed by atoms with Gasteiger partial charge in [0.2, 0.25) is 5.91 Å². The number of benzene rings is 1. The van der Waals surface area contributed by atoms with Gasteiger partial charge >= 0.3 is 0 Å². The average molecular weight is 319 g/mol. The third kappa shape index (κ3) is 4.02. The van der Waals surface area contributed by atoms with Gasteiger partial charge in [-0.15, -0.1) is 0 Å². The number of ether oxygens (including phenoxy) is 2. The molecule has 2 aliphatic heterocycles. The Morgan fingerprint density at radius 2 is 2.00 bits per heavy atom. The molecule has 6 nitrogen and oxygen atoms in total. The zero-order chi connectivity index (χ0) is 16.1. The summed E-state index contributed by atoms with van der Waals surface area (Å²) in [5, 5.41) is 3.43. The molecule has 1 aromatic rings. The van der Waals surface area contributed by atoms with Crippen LogP contribution < -0.4 is 10.1 Å². The van der Waals surface area contributed by atoms with Gasteiger partial charge < -0.3 is 19.7 Å². The molecule has 0 spiro atoms. The molecular formula is C17H25N3O3. The number of nitrogens with one attached hydrogen (secondary N) is 1. The SMILES string of the molecule is COc1ccc([C@@H]2CNCCN2CC(=O)N2CCOCC2)cc1. The van der Waals surface area contributed by atoms with Crippen LogP contribution >= 0.6 is 0 Å². The molecule has 2 heterocycles. The third-order valence-corrected chi connectivity index (χ3v) is 4.56. The number of hydrogen-bond donors (Lipinski definition) is 1. The number of methoxy groups -OCH3 is 1. The van der Waals surface area contributed by atoms with E-state index in [1.165, 1.54) is 5.56 Å². The summed E-state index contributed by atoms with van der Waals surface area (Å²) < 4.78 is 10.5. The Hall–Kier alpha value is -1.63. The zero-order valence-corrected chi connectivity index (χ0v) is 13.7. The number of amides is 1. The van der Waals surface area contributed by atoms with Crippen molar-refractivity contribution in [1.29, 1.82) is 0 Å². The molecule has 1 N–H and O–H groups in total. The molecule has 1 amide bonds. The summed E-state index contributed by atoms with van der Waals surface area (Å²) in [7, 11) is 1.67. The molecular weight excluding hydrogens is 294 g/mol. The van der Waals surface area contributed by atoms with Gasteiger partial charge in [0, 0.05) is 38.8 Å². The van der Waals surface area contributed by atoms with Gasteiger partial charge in [0.25, 0.3) is 0 Å². The number of carbonyl (C=O) groups is 1. The maximum Gasteiger partial charge on any atom is 0.236 e. The van der Waals surface area contributed by atoms with Gasteiger partial charge in [-0.05, 0) is 17.7 Å². The van der Waals surface area contributed by atoms with E-state index in [1.807, 2.05) is 17.0 Å². The van der Waals surface area contributed by atoms with Crippen molar-refractivity contribution in [3.8, 4) is 5.75 Å². The molecule has 0 bridgehead atoms. The summed E-state index contributed by atoms with van der Waals surface area (Å²) in [5.41, 5.74) is 1.22. The number of rotatable bonds is 4. The van der Waals surface area contributed by atoms with Gasteiger partial charge in [-0.3, -0.25) is 9.69 Å². The summed E-state index contributed by atoms with van der Waals surface area (Å²) >= 11 is 0. The smallest absolute Gasteiger partial charge is 0.236 e. The fourth-order valence-corrected chi connectivity index (χ4v) is 3.18. The number of hydrogen-bond acceptors (Lipinski definition) is 5. The predicted octanol–water partition coefficient (Wildman–Crippen LogP) is 0.500. The Morgan fingerprint density at radius 3 is 2.70 bits per heavy atom. The number of carbonyl (C=O) groups excluding carboxylic acids is 1. The highest BCUT2D eigenvalue weighted by Crippen LogP contribution is 2.24. The van der Waals surface area contributed by atoms with E-state index in [0.29, 0.717) is 32.8 Å². The number of piperazine rings is 1. The Labute approximate surface area is 137 Å². The van der Waals surface area contributed by atoms with Gasteiger partial charge in [-0.1, -0.05) is 12.1 Å². The largest absolute Gasteiger partial charge is 0.497 e. The van der Waals surface area contributed by atoms with Gasteiger partial charge in [0.05, 0.1) is 26.9 Å². The van der Waals surface area contributed by atoms with E-state index >= 15 is 0 Å². The molecule has 2 saturated heterocycles. The third-order valence-electron chi connectivity index (χ3n) is 4.56. The number of nitrogens with zero attached hydrogens (tertiary/aromatic N) is 2. The normalized spacial score (nSPS) is 22.8. The van der Waals surface area contributed by atoms with Crippen LogP contribution in [0.4, 0.5) is 0 Å². The van der Waals surface area contributed by atoms with Crippen molar-refractivity contribution in [3.05, 3.63) is 29.8 Å². The van der Waals surface area contributed by atoms with Crippen LogP contribution in [0.5, 0.6) is 5.75 Å². The molecule has 0 aliphatic carbocycles. The van der Waals surface area contributed by atoms with Crippen LogP contribution in [0.3, 0.4) is 0 Å². The van der Waals surface area contributed by atoms with Gasteiger partial charge in [-0.2, -0.15) is 0 Å². The Bertz CT molecular complexity index is 514. The van der Waals surface area contributed by atoms with Crippen LogP contribution in [-0.2, 0) is 9.53 Å². The Balaban J connectivity index is 1.66. The Kier molecular flexibility index (Phi) is 5.48. The first kappa shape index (κ1) is 16.2. The molecule has 2 aliphatic rings. The van der Waals surface area contributed by atoms with Gasteiger partial charge in [0.15, 0.2) is 0 Å².